The monoisotopic (exact) mass is 359 g/mol. The third-order valence-electron chi connectivity index (χ3n) is 4.01. The van der Waals surface area contributed by atoms with E-state index >= 15 is 0 Å². The zero-order chi connectivity index (χ0) is 18.5. The van der Waals surface area contributed by atoms with Gasteiger partial charge in [0.15, 0.2) is 5.76 Å². The number of hydrogen-bond acceptors (Lipinski definition) is 7. The molecule has 0 amide bonds. The van der Waals surface area contributed by atoms with Crippen LogP contribution in [0.3, 0.4) is 0 Å². The van der Waals surface area contributed by atoms with Gasteiger partial charge in [-0.05, 0) is 18.2 Å². The first-order valence-electron chi connectivity index (χ1n) is 8.38. The van der Waals surface area contributed by atoms with Crippen LogP contribution in [0.5, 0.6) is 5.75 Å². The Kier molecular flexibility index (Phi) is 4.74. The summed E-state index contributed by atoms with van der Waals surface area (Å²) < 4.78 is 10.9. The van der Waals surface area contributed by atoms with Crippen molar-refractivity contribution in [2.45, 2.75) is 6.54 Å². The molecular weight excluding hydrogens is 342 g/mol. The lowest BCUT2D eigenvalue weighted by Gasteiger charge is -2.11. The van der Waals surface area contributed by atoms with Crippen LogP contribution in [0.15, 0.2) is 71.9 Å². The van der Waals surface area contributed by atoms with Gasteiger partial charge in [-0.15, -0.1) is 0 Å². The fourth-order valence-electron chi connectivity index (χ4n) is 2.72. The molecule has 134 valence electrons. The van der Waals surface area contributed by atoms with E-state index in [1.807, 2.05) is 36.4 Å². The number of anilines is 1. The second-order valence-electron chi connectivity index (χ2n) is 5.69. The molecule has 0 fully saturated rings. The lowest BCUT2D eigenvalue weighted by atomic mass is 10.1. The van der Waals surface area contributed by atoms with Gasteiger partial charge in [0.25, 0.3) is 0 Å². The lowest BCUT2D eigenvalue weighted by molar-refractivity contribution is 0.410. The molecule has 0 aliphatic heterocycles. The van der Waals surface area contributed by atoms with Crippen LogP contribution in [0.2, 0.25) is 0 Å². The van der Waals surface area contributed by atoms with Crippen molar-refractivity contribution in [1.29, 1.82) is 0 Å². The smallest absolute Gasteiger partial charge is 0.223 e. The van der Waals surface area contributed by atoms with Crippen molar-refractivity contribution in [2.24, 2.45) is 0 Å². The summed E-state index contributed by atoms with van der Waals surface area (Å²) in [5.41, 5.74) is 3.10. The Bertz CT molecular complexity index is 1020. The SMILES string of the molecule is COc1ccccc1CNc1ncc(-c2cnccn2)c(-c2ccco2)n1. The zero-order valence-electron chi connectivity index (χ0n) is 14.7. The average Bonchev–Trinajstić information content (AvgIpc) is 3.28. The van der Waals surface area contributed by atoms with E-state index in [0.717, 1.165) is 16.9 Å². The highest BCUT2D eigenvalue weighted by Crippen LogP contribution is 2.29. The van der Waals surface area contributed by atoms with E-state index in [9.17, 15) is 0 Å². The summed E-state index contributed by atoms with van der Waals surface area (Å²) in [6.45, 7) is 0.534. The molecule has 4 rings (SSSR count). The number of rotatable bonds is 6. The van der Waals surface area contributed by atoms with Crippen LogP contribution in [0.4, 0.5) is 5.95 Å². The first-order valence-corrected chi connectivity index (χ1v) is 8.38. The topological polar surface area (TPSA) is 86.0 Å². The molecule has 0 spiro atoms. The van der Waals surface area contributed by atoms with Gasteiger partial charge in [0, 0.05) is 36.3 Å². The van der Waals surface area contributed by atoms with Crippen molar-refractivity contribution in [3.8, 4) is 28.5 Å². The van der Waals surface area contributed by atoms with Crippen LogP contribution in [0, 0.1) is 0 Å². The lowest BCUT2D eigenvalue weighted by Crippen LogP contribution is -2.06. The van der Waals surface area contributed by atoms with Crippen LogP contribution in [0.1, 0.15) is 5.56 Å². The van der Waals surface area contributed by atoms with E-state index in [4.69, 9.17) is 9.15 Å². The number of aromatic nitrogens is 4. The third-order valence-corrected chi connectivity index (χ3v) is 4.01. The molecule has 1 aromatic carbocycles. The molecule has 27 heavy (non-hydrogen) atoms. The van der Waals surface area contributed by atoms with Gasteiger partial charge < -0.3 is 14.5 Å². The van der Waals surface area contributed by atoms with Crippen molar-refractivity contribution >= 4 is 5.95 Å². The van der Waals surface area contributed by atoms with Crippen LogP contribution in [-0.4, -0.2) is 27.0 Å². The summed E-state index contributed by atoms with van der Waals surface area (Å²) in [6.07, 6.45) is 8.27. The normalized spacial score (nSPS) is 10.6. The molecule has 0 aliphatic rings. The molecule has 0 saturated heterocycles. The maximum atomic E-state index is 5.55. The van der Waals surface area contributed by atoms with E-state index < -0.39 is 0 Å². The number of benzene rings is 1. The molecule has 4 aromatic rings. The summed E-state index contributed by atoms with van der Waals surface area (Å²) in [4.78, 5) is 17.5. The number of nitrogens with one attached hydrogen (secondary N) is 1. The van der Waals surface area contributed by atoms with Crippen LogP contribution in [0.25, 0.3) is 22.7 Å². The van der Waals surface area contributed by atoms with Gasteiger partial charge in [0.1, 0.15) is 11.4 Å². The summed E-state index contributed by atoms with van der Waals surface area (Å²) in [6, 6.07) is 11.5. The van der Waals surface area contributed by atoms with E-state index in [1.165, 1.54) is 0 Å². The summed E-state index contributed by atoms with van der Waals surface area (Å²) >= 11 is 0. The Hall–Kier alpha value is -3.74. The predicted molar refractivity (Wildman–Crippen MR) is 101 cm³/mol. The minimum absolute atomic E-state index is 0.486. The first kappa shape index (κ1) is 16.7. The molecule has 0 aliphatic carbocycles. The third kappa shape index (κ3) is 3.62. The number of nitrogens with zero attached hydrogens (tertiary/aromatic N) is 4. The second-order valence-corrected chi connectivity index (χ2v) is 5.69. The van der Waals surface area contributed by atoms with E-state index in [1.54, 1.807) is 38.2 Å². The van der Waals surface area contributed by atoms with Crippen molar-refractivity contribution in [2.75, 3.05) is 12.4 Å². The average molecular weight is 359 g/mol. The molecule has 0 unspecified atom stereocenters. The number of para-hydroxylation sites is 1. The second kappa shape index (κ2) is 7.65. The largest absolute Gasteiger partial charge is 0.496 e. The van der Waals surface area contributed by atoms with Gasteiger partial charge in [-0.25, -0.2) is 9.97 Å². The highest BCUT2D eigenvalue weighted by molar-refractivity contribution is 5.76. The Balaban J connectivity index is 1.66. The number of methoxy groups -OCH3 is 1. The van der Waals surface area contributed by atoms with Crippen LogP contribution >= 0.6 is 0 Å². The van der Waals surface area contributed by atoms with Crippen molar-refractivity contribution in [1.82, 2.24) is 19.9 Å². The Morgan fingerprint density at radius 2 is 1.96 bits per heavy atom. The Morgan fingerprint density at radius 1 is 1.04 bits per heavy atom. The van der Waals surface area contributed by atoms with Gasteiger partial charge in [0.05, 0.1) is 25.3 Å². The quantitative estimate of drug-likeness (QED) is 0.560. The number of hydrogen-bond donors (Lipinski definition) is 1. The molecule has 7 heteroatoms. The highest BCUT2D eigenvalue weighted by Gasteiger charge is 2.15. The maximum Gasteiger partial charge on any atom is 0.223 e. The minimum atomic E-state index is 0.486. The molecule has 1 N–H and O–H groups in total. The molecule has 0 bridgehead atoms. The minimum Gasteiger partial charge on any atom is -0.496 e. The Morgan fingerprint density at radius 3 is 2.74 bits per heavy atom. The highest BCUT2D eigenvalue weighted by atomic mass is 16.5. The zero-order valence-corrected chi connectivity index (χ0v) is 14.7. The standard InChI is InChI=1S/C20H17N5O2/c1-26-17-6-3-2-5-14(17)11-23-20-24-12-15(16-13-21-8-9-22-16)19(25-20)18-7-4-10-27-18/h2-10,12-13H,11H2,1H3,(H,23,24,25). The predicted octanol–water partition coefficient (Wildman–Crippen LogP) is 3.81. The van der Waals surface area contributed by atoms with Crippen molar-refractivity contribution in [3.05, 3.63) is 73.0 Å². The summed E-state index contributed by atoms with van der Waals surface area (Å²) in [5, 5.41) is 3.24. The molecule has 3 heterocycles. The Labute approximate surface area is 156 Å². The fourth-order valence-corrected chi connectivity index (χ4v) is 2.72. The molecule has 0 saturated carbocycles. The first-order chi connectivity index (χ1) is 13.3. The van der Waals surface area contributed by atoms with Gasteiger partial charge in [-0.1, -0.05) is 18.2 Å². The van der Waals surface area contributed by atoms with Gasteiger partial charge in [0.2, 0.25) is 5.95 Å². The molecule has 0 radical (unpaired) electrons. The summed E-state index contributed by atoms with van der Waals surface area (Å²) in [7, 11) is 1.65. The van der Waals surface area contributed by atoms with Gasteiger partial charge in [-0.2, -0.15) is 0 Å². The fraction of sp³-hybridized carbons (Fsp3) is 0.100. The molecule has 3 aromatic heterocycles. The molecule has 0 atom stereocenters. The van der Waals surface area contributed by atoms with E-state index in [-0.39, 0.29) is 0 Å². The van der Waals surface area contributed by atoms with Gasteiger partial charge in [-0.3, -0.25) is 9.97 Å². The van der Waals surface area contributed by atoms with Crippen LogP contribution < -0.4 is 10.1 Å². The van der Waals surface area contributed by atoms with Crippen molar-refractivity contribution in [3.63, 3.8) is 0 Å². The molecular formula is C20H17N5O2. The number of furan rings is 1. The van der Waals surface area contributed by atoms with Gasteiger partial charge >= 0.3 is 0 Å². The van der Waals surface area contributed by atoms with E-state index in [0.29, 0.717) is 29.6 Å². The van der Waals surface area contributed by atoms with Crippen LogP contribution in [-0.2, 0) is 6.54 Å². The summed E-state index contributed by atoms with van der Waals surface area (Å²) in [5.74, 6) is 1.94. The molecule has 7 nitrogen and oxygen atoms in total. The van der Waals surface area contributed by atoms with E-state index in [2.05, 4.69) is 25.3 Å². The van der Waals surface area contributed by atoms with Crippen molar-refractivity contribution < 1.29 is 9.15 Å². The number of ether oxygens (including phenoxy) is 1. The maximum absolute atomic E-state index is 5.55.